The highest BCUT2D eigenvalue weighted by Gasteiger charge is 2.70. The zero-order valence-electron chi connectivity index (χ0n) is 21.1. The molecule has 1 aromatic rings. The van der Waals surface area contributed by atoms with E-state index in [0.717, 1.165) is 31.7 Å². The fourth-order valence-electron chi connectivity index (χ4n) is 6.70. The Kier molecular flexibility index (Phi) is 6.91. The van der Waals surface area contributed by atoms with Gasteiger partial charge in [0, 0.05) is 11.8 Å². The minimum absolute atomic E-state index is 0.0318. The minimum Gasteiger partial charge on any atom is -0.484 e. The van der Waals surface area contributed by atoms with Crippen LogP contribution in [0.2, 0.25) is 0 Å². The van der Waals surface area contributed by atoms with Gasteiger partial charge < -0.3 is 18.9 Å². The third-order valence-corrected chi connectivity index (χ3v) is 9.31. The topological polar surface area (TPSA) is 142 Å². The molecule has 6 atom stereocenters. The molecule has 0 aromatic heterocycles. The molecule has 12 heteroatoms. The van der Waals surface area contributed by atoms with Crippen molar-refractivity contribution in [1.29, 1.82) is 0 Å². The first-order chi connectivity index (χ1) is 17.9. The Morgan fingerprint density at radius 3 is 2.58 bits per heavy atom. The van der Waals surface area contributed by atoms with Crippen LogP contribution in [-0.2, 0) is 33.9 Å². The normalized spacial score (nSPS) is 30.9. The summed E-state index contributed by atoms with van der Waals surface area (Å²) in [6.07, 6.45) is 2.31. The lowest BCUT2D eigenvalue weighted by atomic mass is 9.78. The Balaban J connectivity index is 1.31. The summed E-state index contributed by atoms with van der Waals surface area (Å²) in [5.41, 5.74) is -0.446. The number of carbonyl (C=O) groups is 3. The fourth-order valence-corrected chi connectivity index (χ4v) is 7.00. The molecule has 1 N–H and O–H groups in total. The second kappa shape index (κ2) is 9.78. The number of benzene rings is 1. The molecule has 0 amide bonds. The number of halogens is 1. The zero-order valence-corrected chi connectivity index (χ0v) is 21.9. The van der Waals surface area contributed by atoms with Gasteiger partial charge in [0.1, 0.15) is 30.2 Å². The fraction of sp³-hybridized carbons (Fsp3) is 0.654. The molecule has 208 valence electrons. The van der Waals surface area contributed by atoms with Crippen molar-refractivity contribution in [3.8, 4) is 5.75 Å². The predicted molar refractivity (Wildman–Crippen MR) is 128 cm³/mol. The van der Waals surface area contributed by atoms with Gasteiger partial charge in [-0.1, -0.05) is 13.8 Å². The van der Waals surface area contributed by atoms with Crippen LogP contribution in [0.25, 0.3) is 0 Å². The van der Waals surface area contributed by atoms with E-state index in [-0.39, 0.29) is 23.1 Å². The summed E-state index contributed by atoms with van der Waals surface area (Å²) in [5.74, 6) is -6.06. The molecule has 1 aromatic carbocycles. The van der Waals surface area contributed by atoms with Gasteiger partial charge in [-0.15, -0.1) is 0 Å². The molecule has 1 heterocycles. The molecule has 3 aliphatic carbocycles. The molecule has 5 rings (SSSR count). The molecule has 38 heavy (non-hydrogen) atoms. The minimum atomic E-state index is -4.33. The van der Waals surface area contributed by atoms with Crippen LogP contribution in [0.15, 0.2) is 18.2 Å². The highest BCUT2D eigenvalue weighted by molar-refractivity contribution is 7.85. The largest absolute Gasteiger partial charge is 0.484 e. The molecule has 0 radical (unpaired) electrons. The van der Waals surface area contributed by atoms with E-state index in [1.165, 1.54) is 12.1 Å². The second-order valence-corrected chi connectivity index (χ2v) is 12.6. The van der Waals surface area contributed by atoms with Crippen LogP contribution in [0.3, 0.4) is 0 Å². The van der Waals surface area contributed by atoms with Crippen molar-refractivity contribution in [2.75, 3.05) is 12.4 Å². The summed E-state index contributed by atoms with van der Waals surface area (Å²) < 4.78 is 67.8. The Hall–Kier alpha value is -2.73. The van der Waals surface area contributed by atoms with E-state index in [4.69, 9.17) is 23.5 Å². The average Bonchev–Trinajstić information content (AvgIpc) is 3.58. The van der Waals surface area contributed by atoms with E-state index in [9.17, 15) is 27.2 Å². The highest BCUT2D eigenvalue weighted by Crippen LogP contribution is 2.59. The molecule has 2 bridgehead atoms. The van der Waals surface area contributed by atoms with E-state index in [1.54, 1.807) is 0 Å². The van der Waals surface area contributed by atoms with Crippen molar-refractivity contribution in [2.45, 2.75) is 63.8 Å². The van der Waals surface area contributed by atoms with Crippen LogP contribution in [-0.4, -0.2) is 61.0 Å². The number of hydrogen-bond acceptors (Lipinski definition) is 9. The van der Waals surface area contributed by atoms with E-state index in [1.807, 2.05) is 13.8 Å². The number of esters is 3. The van der Waals surface area contributed by atoms with Crippen molar-refractivity contribution in [3.05, 3.63) is 29.6 Å². The molecule has 4 fully saturated rings. The standard InChI is InChI=1S/C26H31FO10S/c1-13(2)26(7-3-4-8-26)37-18-11-14(5-6-17(18)27)23(28)35-21-15-12-16-20(25(30)36-22(16)21)19(15)24(29)34-9-10-38(31,32)33/h5-6,11,13,15-16,19-22H,3-4,7-10,12H2,1-2H3,(H,31,32,33). The van der Waals surface area contributed by atoms with Crippen LogP contribution in [0.1, 0.15) is 56.3 Å². The van der Waals surface area contributed by atoms with Gasteiger partial charge in [0.05, 0.1) is 17.4 Å². The lowest BCUT2D eigenvalue weighted by Gasteiger charge is -2.34. The van der Waals surface area contributed by atoms with Crippen LogP contribution in [0, 0.1) is 35.4 Å². The van der Waals surface area contributed by atoms with Gasteiger partial charge in [-0.2, -0.15) is 8.42 Å². The lowest BCUT2D eigenvalue weighted by molar-refractivity contribution is -0.155. The first-order valence-corrected chi connectivity index (χ1v) is 14.5. The quantitative estimate of drug-likeness (QED) is 0.275. The third-order valence-electron chi connectivity index (χ3n) is 8.63. The van der Waals surface area contributed by atoms with E-state index < -0.39 is 81.8 Å². The van der Waals surface area contributed by atoms with Crippen molar-refractivity contribution in [2.24, 2.45) is 29.6 Å². The number of hydrogen-bond donors (Lipinski definition) is 1. The summed E-state index contributed by atoms with van der Waals surface area (Å²) in [6.45, 7) is 3.48. The summed E-state index contributed by atoms with van der Waals surface area (Å²) in [5, 5.41) is 0. The highest BCUT2D eigenvalue weighted by atomic mass is 32.2. The molecular formula is C26H31FO10S. The van der Waals surface area contributed by atoms with Gasteiger partial charge in [-0.25, -0.2) is 9.18 Å². The van der Waals surface area contributed by atoms with Gasteiger partial charge >= 0.3 is 17.9 Å². The van der Waals surface area contributed by atoms with Crippen LogP contribution in [0.5, 0.6) is 5.75 Å². The SMILES string of the molecule is CC(C)C1(Oc2cc(C(=O)OC3C4CC5C3OC(=O)C5C4C(=O)OCCS(=O)(=O)O)ccc2F)CCCC1. The summed E-state index contributed by atoms with van der Waals surface area (Å²) >= 11 is 0. The predicted octanol–water partition coefficient (Wildman–Crippen LogP) is 2.94. The maximum Gasteiger partial charge on any atom is 0.338 e. The maximum absolute atomic E-state index is 14.7. The van der Waals surface area contributed by atoms with E-state index in [0.29, 0.717) is 6.42 Å². The summed E-state index contributed by atoms with van der Waals surface area (Å²) in [6, 6.07) is 3.76. The van der Waals surface area contributed by atoms with Gasteiger partial charge in [0.25, 0.3) is 10.1 Å². The molecule has 1 aliphatic heterocycles. The maximum atomic E-state index is 14.7. The van der Waals surface area contributed by atoms with Crippen LogP contribution < -0.4 is 4.74 Å². The first-order valence-electron chi connectivity index (χ1n) is 12.9. The summed E-state index contributed by atoms with van der Waals surface area (Å²) in [7, 11) is -4.33. The van der Waals surface area contributed by atoms with Gasteiger partial charge in [-0.3, -0.25) is 14.1 Å². The van der Waals surface area contributed by atoms with Crippen LogP contribution in [0.4, 0.5) is 4.39 Å². The van der Waals surface area contributed by atoms with Gasteiger partial charge in [-0.05, 0) is 56.2 Å². The zero-order chi connectivity index (χ0) is 27.4. The Morgan fingerprint density at radius 2 is 1.92 bits per heavy atom. The van der Waals surface area contributed by atoms with Crippen molar-refractivity contribution in [3.63, 3.8) is 0 Å². The number of ether oxygens (including phenoxy) is 4. The molecule has 3 saturated carbocycles. The molecule has 6 unspecified atom stereocenters. The Labute approximate surface area is 219 Å². The van der Waals surface area contributed by atoms with Crippen molar-refractivity contribution >= 4 is 28.0 Å². The number of fused-ring (bicyclic) bond motifs is 1. The Morgan fingerprint density at radius 1 is 1.21 bits per heavy atom. The molecule has 1 saturated heterocycles. The monoisotopic (exact) mass is 554 g/mol. The second-order valence-electron chi connectivity index (χ2n) is 11.0. The smallest absolute Gasteiger partial charge is 0.338 e. The average molecular weight is 555 g/mol. The number of rotatable bonds is 9. The van der Waals surface area contributed by atoms with E-state index in [2.05, 4.69) is 0 Å². The molecule has 4 aliphatic rings. The van der Waals surface area contributed by atoms with Crippen LogP contribution >= 0.6 is 0 Å². The van der Waals surface area contributed by atoms with Gasteiger partial charge in [0.15, 0.2) is 11.6 Å². The van der Waals surface area contributed by atoms with Crippen molar-refractivity contribution < 1.29 is 50.7 Å². The first kappa shape index (κ1) is 26.9. The van der Waals surface area contributed by atoms with Crippen molar-refractivity contribution in [1.82, 2.24) is 0 Å². The third kappa shape index (κ3) is 4.76. The number of carbonyl (C=O) groups excluding carboxylic acids is 3. The molecular weight excluding hydrogens is 523 g/mol. The molecule has 10 nitrogen and oxygen atoms in total. The summed E-state index contributed by atoms with van der Waals surface area (Å²) in [4.78, 5) is 38.4. The van der Waals surface area contributed by atoms with Gasteiger partial charge in [0.2, 0.25) is 0 Å². The molecule has 0 spiro atoms. The Bertz CT molecular complexity index is 1240. The lowest BCUT2D eigenvalue weighted by Crippen LogP contribution is -2.44. The van der Waals surface area contributed by atoms with E-state index >= 15 is 0 Å².